The van der Waals surface area contributed by atoms with Crippen LogP contribution in [0.2, 0.25) is 0 Å². The molecule has 0 aliphatic heterocycles. The Kier molecular flexibility index (Phi) is 7.90. The standard InChI is InChI=1S/C19H25NO5S/c1-3-24-17-6-4-5-7-18(17)25-11-10-20-14(2)12-15-8-9-16(21)19(13-15)26(22)23/h4-9,13-14,20-21H,3,10-12H2,1-2H3,(H,22,23). The fourth-order valence-corrected chi connectivity index (χ4v) is 3.06. The van der Waals surface area contributed by atoms with Gasteiger partial charge in [0.1, 0.15) is 17.3 Å². The Morgan fingerprint density at radius 2 is 1.85 bits per heavy atom. The van der Waals surface area contributed by atoms with Crippen molar-refractivity contribution in [2.24, 2.45) is 0 Å². The van der Waals surface area contributed by atoms with Crippen molar-refractivity contribution in [3.05, 3.63) is 48.0 Å². The molecule has 0 amide bonds. The van der Waals surface area contributed by atoms with E-state index in [1.807, 2.05) is 38.1 Å². The van der Waals surface area contributed by atoms with E-state index in [1.54, 1.807) is 12.1 Å². The molecule has 0 spiro atoms. The van der Waals surface area contributed by atoms with Crippen LogP contribution in [0.25, 0.3) is 0 Å². The molecule has 6 nitrogen and oxygen atoms in total. The van der Waals surface area contributed by atoms with Gasteiger partial charge in [0, 0.05) is 12.6 Å². The van der Waals surface area contributed by atoms with Gasteiger partial charge in [-0.25, -0.2) is 4.21 Å². The number of hydrogen-bond acceptors (Lipinski definition) is 5. The molecule has 2 rings (SSSR count). The highest BCUT2D eigenvalue weighted by atomic mass is 32.2. The molecule has 0 heterocycles. The minimum Gasteiger partial charge on any atom is -0.507 e. The first-order chi connectivity index (χ1) is 12.5. The number of rotatable bonds is 10. The van der Waals surface area contributed by atoms with Crippen LogP contribution in [-0.4, -0.2) is 39.7 Å². The number of phenolic OH excluding ortho intramolecular Hbond substituents is 1. The Labute approximate surface area is 156 Å². The molecule has 0 aliphatic rings. The maximum Gasteiger partial charge on any atom is 0.190 e. The minimum atomic E-state index is -2.20. The molecule has 0 radical (unpaired) electrons. The molecule has 0 saturated carbocycles. The lowest BCUT2D eigenvalue weighted by Gasteiger charge is -2.16. The van der Waals surface area contributed by atoms with Gasteiger partial charge < -0.3 is 24.4 Å². The SMILES string of the molecule is CCOc1ccccc1OCCNC(C)Cc1ccc(O)c(S(=O)O)c1. The third-order valence-electron chi connectivity index (χ3n) is 3.76. The highest BCUT2D eigenvalue weighted by Crippen LogP contribution is 2.26. The number of aromatic hydroxyl groups is 1. The number of phenols is 1. The van der Waals surface area contributed by atoms with Crippen LogP contribution in [0.15, 0.2) is 47.4 Å². The molecule has 0 saturated heterocycles. The molecule has 26 heavy (non-hydrogen) atoms. The molecule has 0 aromatic heterocycles. The lowest BCUT2D eigenvalue weighted by atomic mass is 10.1. The van der Waals surface area contributed by atoms with Crippen molar-refractivity contribution in [2.75, 3.05) is 19.8 Å². The van der Waals surface area contributed by atoms with Gasteiger partial charge in [-0.1, -0.05) is 18.2 Å². The average Bonchev–Trinajstić information content (AvgIpc) is 2.61. The van der Waals surface area contributed by atoms with Crippen molar-refractivity contribution < 1.29 is 23.3 Å². The first kappa shape index (κ1) is 20.2. The van der Waals surface area contributed by atoms with Crippen molar-refractivity contribution in [1.29, 1.82) is 0 Å². The smallest absolute Gasteiger partial charge is 0.190 e. The normalized spacial score (nSPS) is 13.2. The lowest BCUT2D eigenvalue weighted by molar-refractivity contribution is 0.272. The summed E-state index contributed by atoms with van der Waals surface area (Å²) in [4.78, 5) is 0.0329. The topological polar surface area (TPSA) is 88.0 Å². The van der Waals surface area contributed by atoms with Crippen LogP contribution in [0, 0.1) is 0 Å². The van der Waals surface area contributed by atoms with Crippen LogP contribution >= 0.6 is 0 Å². The van der Waals surface area contributed by atoms with Crippen LogP contribution in [0.4, 0.5) is 0 Å². The van der Waals surface area contributed by atoms with Gasteiger partial charge in [0.05, 0.1) is 6.61 Å². The highest BCUT2D eigenvalue weighted by molar-refractivity contribution is 7.79. The van der Waals surface area contributed by atoms with Crippen LogP contribution in [0.1, 0.15) is 19.4 Å². The molecule has 3 N–H and O–H groups in total. The van der Waals surface area contributed by atoms with Gasteiger partial charge in [-0.05, 0) is 50.1 Å². The summed E-state index contributed by atoms with van der Waals surface area (Å²) in [7, 11) is 0. The Hall–Kier alpha value is -2.09. The van der Waals surface area contributed by atoms with Crippen molar-refractivity contribution in [3.63, 3.8) is 0 Å². The van der Waals surface area contributed by atoms with Crippen molar-refractivity contribution in [1.82, 2.24) is 5.32 Å². The molecule has 142 valence electrons. The van der Waals surface area contributed by atoms with Gasteiger partial charge in [0.2, 0.25) is 0 Å². The monoisotopic (exact) mass is 379 g/mol. The number of benzene rings is 2. The van der Waals surface area contributed by atoms with Crippen molar-refractivity contribution in [3.8, 4) is 17.2 Å². The fraction of sp³-hybridized carbons (Fsp3) is 0.368. The van der Waals surface area contributed by atoms with Crippen molar-refractivity contribution in [2.45, 2.75) is 31.2 Å². The second kappa shape index (κ2) is 10.2. The largest absolute Gasteiger partial charge is 0.507 e. The molecule has 2 aromatic rings. The summed E-state index contributed by atoms with van der Waals surface area (Å²) >= 11 is -2.20. The zero-order chi connectivity index (χ0) is 18.9. The first-order valence-electron chi connectivity index (χ1n) is 8.52. The molecule has 0 bridgehead atoms. The Morgan fingerprint density at radius 1 is 1.15 bits per heavy atom. The van der Waals surface area contributed by atoms with Gasteiger partial charge in [0.15, 0.2) is 22.6 Å². The molecule has 2 unspecified atom stereocenters. The van der Waals surface area contributed by atoms with Crippen LogP contribution in [0.3, 0.4) is 0 Å². The van der Waals surface area contributed by atoms with Gasteiger partial charge in [-0.15, -0.1) is 0 Å². The Morgan fingerprint density at radius 3 is 2.50 bits per heavy atom. The summed E-state index contributed by atoms with van der Waals surface area (Å²) in [6.07, 6.45) is 0.667. The van der Waals surface area contributed by atoms with E-state index in [2.05, 4.69) is 5.32 Å². The van der Waals surface area contributed by atoms with E-state index in [-0.39, 0.29) is 16.7 Å². The van der Waals surface area contributed by atoms with Gasteiger partial charge in [-0.2, -0.15) is 0 Å². The van der Waals surface area contributed by atoms with E-state index in [4.69, 9.17) is 9.47 Å². The Balaban J connectivity index is 1.80. The van der Waals surface area contributed by atoms with Gasteiger partial charge in [-0.3, -0.25) is 0 Å². The molecule has 2 aromatic carbocycles. The molecular weight excluding hydrogens is 354 g/mol. The summed E-state index contributed by atoms with van der Waals surface area (Å²) in [6, 6.07) is 12.5. The second-order valence-corrected chi connectivity index (χ2v) is 6.78. The predicted octanol–water partition coefficient (Wildman–Crippen LogP) is 2.97. The maximum absolute atomic E-state index is 11.2. The summed E-state index contributed by atoms with van der Waals surface area (Å²) in [5.74, 6) is 1.28. The van der Waals surface area contributed by atoms with E-state index in [9.17, 15) is 13.9 Å². The summed E-state index contributed by atoms with van der Waals surface area (Å²) in [5.41, 5.74) is 0.878. The first-order valence-corrected chi connectivity index (χ1v) is 9.62. The van der Waals surface area contributed by atoms with E-state index >= 15 is 0 Å². The third kappa shape index (κ3) is 6.01. The third-order valence-corrected chi connectivity index (χ3v) is 4.46. The predicted molar refractivity (Wildman–Crippen MR) is 101 cm³/mol. The van der Waals surface area contributed by atoms with Crippen LogP contribution < -0.4 is 14.8 Å². The van der Waals surface area contributed by atoms with E-state index in [0.29, 0.717) is 26.2 Å². The van der Waals surface area contributed by atoms with Gasteiger partial charge >= 0.3 is 0 Å². The molecule has 2 atom stereocenters. The molecule has 0 aliphatic carbocycles. The molecule has 0 fully saturated rings. The zero-order valence-corrected chi connectivity index (χ0v) is 15.8. The average molecular weight is 379 g/mol. The number of nitrogens with one attached hydrogen (secondary N) is 1. The van der Waals surface area contributed by atoms with Crippen LogP contribution in [0.5, 0.6) is 17.2 Å². The quantitative estimate of drug-likeness (QED) is 0.434. The number of hydrogen-bond donors (Lipinski definition) is 3. The maximum atomic E-state index is 11.2. The van der Waals surface area contributed by atoms with Crippen LogP contribution in [-0.2, 0) is 17.5 Å². The van der Waals surface area contributed by atoms with Gasteiger partial charge in [0.25, 0.3) is 0 Å². The minimum absolute atomic E-state index is 0.0329. The fourth-order valence-electron chi connectivity index (χ4n) is 2.56. The lowest BCUT2D eigenvalue weighted by Crippen LogP contribution is -2.31. The highest BCUT2D eigenvalue weighted by Gasteiger charge is 2.10. The second-order valence-electron chi connectivity index (χ2n) is 5.84. The summed E-state index contributed by atoms with van der Waals surface area (Å²) in [6.45, 7) is 5.69. The number of ether oxygens (including phenoxy) is 2. The molecular formula is C19H25NO5S. The summed E-state index contributed by atoms with van der Waals surface area (Å²) in [5, 5.41) is 12.9. The van der Waals surface area contributed by atoms with E-state index in [1.165, 1.54) is 6.07 Å². The van der Waals surface area contributed by atoms with E-state index < -0.39 is 11.1 Å². The number of para-hydroxylation sites is 2. The molecule has 7 heteroatoms. The summed E-state index contributed by atoms with van der Waals surface area (Å²) < 4.78 is 31.6. The van der Waals surface area contributed by atoms with E-state index in [0.717, 1.165) is 17.1 Å². The Bertz CT molecular complexity index is 738. The van der Waals surface area contributed by atoms with Crippen molar-refractivity contribution >= 4 is 11.1 Å². The zero-order valence-electron chi connectivity index (χ0n) is 15.0.